The van der Waals surface area contributed by atoms with Crippen LogP contribution in [0.25, 0.3) is 11.3 Å². The molecule has 3 aromatic rings. The number of hydrogen-bond donors (Lipinski definition) is 1. The van der Waals surface area contributed by atoms with Gasteiger partial charge in [0, 0.05) is 11.8 Å². The van der Waals surface area contributed by atoms with Crippen molar-refractivity contribution in [2.75, 3.05) is 6.61 Å². The average molecular weight is 475 g/mol. The van der Waals surface area contributed by atoms with Gasteiger partial charge < -0.3 is 9.47 Å². The lowest BCUT2D eigenvalue weighted by molar-refractivity contribution is -0.150. The van der Waals surface area contributed by atoms with Crippen molar-refractivity contribution >= 4 is 11.9 Å². The Labute approximate surface area is 207 Å². The van der Waals surface area contributed by atoms with Crippen molar-refractivity contribution in [2.24, 2.45) is 5.92 Å². The minimum atomic E-state index is -0.677. The summed E-state index contributed by atoms with van der Waals surface area (Å²) >= 11 is 0. The van der Waals surface area contributed by atoms with Crippen LogP contribution in [-0.4, -0.2) is 35.6 Å². The Hall–Kier alpha value is -3.51. The summed E-state index contributed by atoms with van der Waals surface area (Å²) in [6.45, 7) is 6.30. The summed E-state index contributed by atoms with van der Waals surface area (Å²) in [6, 6.07) is 22.0. The summed E-state index contributed by atoms with van der Waals surface area (Å²) in [4.78, 5) is 30.2. The van der Waals surface area contributed by atoms with Gasteiger partial charge in [0.1, 0.15) is 18.7 Å². The monoisotopic (exact) mass is 474 g/mol. The highest BCUT2D eigenvalue weighted by Crippen LogP contribution is 2.18. The standard InChI is InChI=1S/C29H34N2O4/c1-4-34-28(32)27(19-22-13-15-24(16-14-22)25-12-8-9-17-30-25)31-26(18-21(2)3)29(33)35-20-23-10-6-5-7-11-23/h5-17,21,26-27,31H,4,18-20H2,1-3H3/t26-,27?/m0/s1. The van der Waals surface area contributed by atoms with Gasteiger partial charge in [-0.25, -0.2) is 0 Å². The number of carbonyl (C=O) groups is 2. The van der Waals surface area contributed by atoms with E-state index in [-0.39, 0.29) is 31.1 Å². The van der Waals surface area contributed by atoms with Crippen LogP contribution in [0.15, 0.2) is 79.0 Å². The largest absolute Gasteiger partial charge is 0.465 e. The molecule has 35 heavy (non-hydrogen) atoms. The minimum absolute atomic E-state index is 0.189. The third-order valence-corrected chi connectivity index (χ3v) is 5.54. The number of carbonyl (C=O) groups excluding carboxylic acids is 2. The molecule has 2 aromatic carbocycles. The normalized spacial score (nSPS) is 12.7. The number of benzene rings is 2. The SMILES string of the molecule is CCOC(=O)C(Cc1ccc(-c2ccccn2)cc1)N[C@@H](CC(C)C)C(=O)OCc1ccccc1. The van der Waals surface area contributed by atoms with E-state index in [0.29, 0.717) is 12.8 Å². The molecule has 2 atom stereocenters. The van der Waals surface area contributed by atoms with E-state index in [1.807, 2.05) is 86.6 Å². The summed E-state index contributed by atoms with van der Waals surface area (Å²) in [5.41, 5.74) is 3.75. The van der Waals surface area contributed by atoms with Gasteiger partial charge in [0.2, 0.25) is 0 Å². The molecule has 0 amide bonds. The fraction of sp³-hybridized carbons (Fsp3) is 0.345. The summed E-state index contributed by atoms with van der Waals surface area (Å²) in [7, 11) is 0. The Kier molecular flexibility index (Phi) is 9.99. The summed E-state index contributed by atoms with van der Waals surface area (Å²) in [5, 5.41) is 3.24. The molecule has 0 spiro atoms. The first-order chi connectivity index (χ1) is 17.0. The maximum atomic E-state index is 13.0. The molecule has 1 heterocycles. The van der Waals surface area contributed by atoms with Crippen LogP contribution < -0.4 is 5.32 Å². The smallest absolute Gasteiger partial charge is 0.323 e. The van der Waals surface area contributed by atoms with Crippen molar-refractivity contribution in [1.29, 1.82) is 0 Å². The predicted octanol–water partition coefficient (Wildman–Crippen LogP) is 4.97. The minimum Gasteiger partial charge on any atom is -0.465 e. The van der Waals surface area contributed by atoms with Crippen LogP contribution in [0.5, 0.6) is 0 Å². The van der Waals surface area contributed by atoms with Gasteiger partial charge in [-0.05, 0) is 48.9 Å². The number of ether oxygens (including phenoxy) is 2. The van der Waals surface area contributed by atoms with Crippen molar-refractivity contribution in [3.8, 4) is 11.3 Å². The van der Waals surface area contributed by atoms with E-state index in [9.17, 15) is 9.59 Å². The number of hydrogen-bond acceptors (Lipinski definition) is 6. The van der Waals surface area contributed by atoms with Gasteiger partial charge in [0.25, 0.3) is 0 Å². The maximum absolute atomic E-state index is 13.0. The first-order valence-corrected chi connectivity index (χ1v) is 12.1. The number of esters is 2. The number of nitrogens with zero attached hydrogens (tertiary/aromatic N) is 1. The Morgan fingerprint density at radius 2 is 1.51 bits per heavy atom. The molecule has 0 saturated heterocycles. The van der Waals surface area contributed by atoms with E-state index >= 15 is 0 Å². The van der Waals surface area contributed by atoms with E-state index in [0.717, 1.165) is 22.4 Å². The van der Waals surface area contributed by atoms with E-state index in [2.05, 4.69) is 10.3 Å². The molecule has 6 nitrogen and oxygen atoms in total. The molecular formula is C29H34N2O4. The van der Waals surface area contributed by atoms with Crippen LogP contribution in [0, 0.1) is 5.92 Å². The Balaban J connectivity index is 1.72. The lowest BCUT2D eigenvalue weighted by Gasteiger charge is -2.25. The summed E-state index contributed by atoms with van der Waals surface area (Å²) in [6.07, 6.45) is 2.69. The fourth-order valence-electron chi connectivity index (χ4n) is 3.81. The quantitative estimate of drug-likeness (QED) is 0.374. The van der Waals surface area contributed by atoms with Crippen LogP contribution >= 0.6 is 0 Å². The molecule has 1 N–H and O–H groups in total. The van der Waals surface area contributed by atoms with Crippen molar-refractivity contribution in [3.63, 3.8) is 0 Å². The van der Waals surface area contributed by atoms with Crippen LogP contribution in [0.3, 0.4) is 0 Å². The molecule has 0 aliphatic rings. The second kappa shape index (κ2) is 13.4. The molecule has 1 unspecified atom stereocenters. The van der Waals surface area contributed by atoms with Gasteiger partial charge in [0.15, 0.2) is 0 Å². The zero-order valence-electron chi connectivity index (χ0n) is 20.6. The second-order valence-electron chi connectivity index (χ2n) is 8.86. The lowest BCUT2D eigenvalue weighted by Crippen LogP contribution is -2.50. The maximum Gasteiger partial charge on any atom is 0.323 e. The topological polar surface area (TPSA) is 77.5 Å². The van der Waals surface area contributed by atoms with Crippen molar-refractivity contribution in [1.82, 2.24) is 10.3 Å². The zero-order valence-corrected chi connectivity index (χ0v) is 20.6. The number of nitrogens with one attached hydrogen (secondary N) is 1. The molecule has 0 aliphatic carbocycles. The van der Waals surface area contributed by atoms with Gasteiger partial charge in [-0.1, -0.05) is 74.5 Å². The first-order valence-electron chi connectivity index (χ1n) is 12.1. The van der Waals surface area contributed by atoms with E-state index in [1.54, 1.807) is 13.1 Å². The van der Waals surface area contributed by atoms with Crippen LogP contribution in [0.2, 0.25) is 0 Å². The third kappa shape index (κ3) is 8.34. The molecule has 1 aromatic heterocycles. The number of aromatic nitrogens is 1. The lowest BCUT2D eigenvalue weighted by atomic mass is 9.99. The number of pyridine rings is 1. The Morgan fingerprint density at radius 3 is 2.14 bits per heavy atom. The Bertz CT molecular complexity index is 1050. The molecule has 0 aliphatic heterocycles. The average Bonchev–Trinajstić information content (AvgIpc) is 2.88. The summed E-state index contributed by atoms with van der Waals surface area (Å²) in [5.74, 6) is -0.523. The summed E-state index contributed by atoms with van der Waals surface area (Å²) < 4.78 is 10.9. The second-order valence-corrected chi connectivity index (χ2v) is 8.86. The molecule has 0 bridgehead atoms. The van der Waals surface area contributed by atoms with Crippen LogP contribution in [0.1, 0.15) is 38.3 Å². The molecule has 3 rings (SSSR count). The zero-order chi connectivity index (χ0) is 25.0. The highest BCUT2D eigenvalue weighted by atomic mass is 16.5. The predicted molar refractivity (Wildman–Crippen MR) is 136 cm³/mol. The first kappa shape index (κ1) is 26.1. The third-order valence-electron chi connectivity index (χ3n) is 5.54. The van der Waals surface area contributed by atoms with Gasteiger partial charge in [0.05, 0.1) is 12.3 Å². The number of rotatable bonds is 12. The molecule has 6 heteroatoms. The van der Waals surface area contributed by atoms with Crippen LogP contribution in [0.4, 0.5) is 0 Å². The molecular weight excluding hydrogens is 440 g/mol. The van der Waals surface area contributed by atoms with Gasteiger partial charge >= 0.3 is 11.9 Å². The highest BCUT2D eigenvalue weighted by molar-refractivity contribution is 5.80. The molecule has 184 valence electrons. The molecule has 0 radical (unpaired) electrons. The van der Waals surface area contributed by atoms with E-state index in [1.165, 1.54) is 0 Å². The highest BCUT2D eigenvalue weighted by Gasteiger charge is 2.29. The van der Waals surface area contributed by atoms with E-state index < -0.39 is 12.1 Å². The Morgan fingerprint density at radius 1 is 0.829 bits per heavy atom. The van der Waals surface area contributed by atoms with Crippen molar-refractivity contribution in [2.45, 2.75) is 52.3 Å². The van der Waals surface area contributed by atoms with Crippen molar-refractivity contribution in [3.05, 3.63) is 90.1 Å². The fourth-order valence-corrected chi connectivity index (χ4v) is 3.81. The van der Waals surface area contributed by atoms with Crippen LogP contribution in [-0.2, 0) is 32.1 Å². The van der Waals surface area contributed by atoms with Gasteiger partial charge in [-0.15, -0.1) is 0 Å². The van der Waals surface area contributed by atoms with E-state index in [4.69, 9.17) is 9.47 Å². The van der Waals surface area contributed by atoms with Gasteiger partial charge in [-0.2, -0.15) is 0 Å². The molecule has 0 saturated carbocycles. The van der Waals surface area contributed by atoms with Crippen molar-refractivity contribution < 1.29 is 19.1 Å². The molecule has 0 fully saturated rings. The van der Waals surface area contributed by atoms with Gasteiger partial charge in [-0.3, -0.25) is 19.9 Å².